The second kappa shape index (κ2) is 4.28. The predicted octanol–water partition coefficient (Wildman–Crippen LogP) is 1.83. The third kappa shape index (κ3) is 2.14. The Morgan fingerprint density at radius 3 is 2.79 bits per heavy atom. The van der Waals surface area contributed by atoms with Crippen molar-refractivity contribution in [3.63, 3.8) is 0 Å². The van der Waals surface area contributed by atoms with Crippen LogP contribution in [-0.2, 0) is 16.1 Å². The summed E-state index contributed by atoms with van der Waals surface area (Å²) >= 11 is 1.24. The minimum Gasteiger partial charge on any atom is -0.470 e. The molecule has 1 aliphatic rings. The topological polar surface area (TPSA) is 38.7 Å². The van der Waals surface area contributed by atoms with Crippen molar-refractivity contribution in [1.29, 1.82) is 0 Å². The van der Waals surface area contributed by atoms with Crippen LogP contribution in [0.1, 0.15) is 5.56 Å². The first-order valence-corrected chi connectivity index (χ1v) is 5.20. The Morgan fingerprint density at radius 1 is 1.36 bits per heavy atom. The van der Waals surface area contributed by atoms with E-state index in [0.29, 0.717) is 12.4 Å². The van der Waals surface area contributed by atoms with Gasteiger partial charge in [0.1, 0.15) is 6.61 Å². The Kier molecular flexibility index (Phi) is 2.84. The molecule has 3 nitrogen and oxygen atoms in total. The molecule has 0 aliphatic carbocycles. The van der Waals surface area contributed by atoms with Gasteiger partial charge in [-0.15, -0.1) is 0 Å². The molecule has 0 atom stereocenters. The number of rotatable bonds is 2. The number of nitrogens with zero attached hydrogens (tertiary/aromatic N) is 1. The summed E-state index contributed by atoms with van der Waals surface area (Å²) in [5, 5.41) is 0. The van der Waals surface area contributed by atoms with Crippen LogP contribution >= 0.6 is 11.9 Å². The molecule has 0 radical (unpaired) electrons. The van der Waals surface area contributed by atoms with Gasteiger partial charge in [-0.2, -0.15) is 4.40 Å². The molecule has 1 aromatic carbocycles. The first-order chi connectivity index (χ1) is 6.86. The van der Waals surface area contributed by atoms with Crippen molar-refractivity contribution in [1.82, 2.24) is 0 Å². The van der Waals surface area contributed by atoms with Crippen molar-refractivity contribution >= 4 is 23.6 Å². The van der Waals surface area contributed by atoms with Crippen LogP contribution in [0.3, 0.4) is 0 Å². The van der Waals surface area contributed by atoms with Gasteiger partial charge in [0.15, 0.2) is 0 Å². The number of benzene rings is 1. The van der Waals surface area contributed by atoms with E-state index in [1.165, 1.54) is 11.9 Å². The third-order valence-electron chi connectivity index (χ3n) is 1.80. The molecule has 14 heavy (non-hydrogen) atoms. The molecule has 0 saturated carbocycles. The molecule has 1 aliphatic heterocycles. The van der Waals surface area contributed by atoms with Crippen molar-refractivity contribution in [2.75, 3.05) is 5.75 Å². The zero-order valence-corrected chi connectivity index (χ0v) is 8.29. The maximum absolute atomic E-state index is 11.1. The van der Waals surface area contributed by atoms with Gasteiger partial charge < -0.3 is 4.74 Å². The average Bonchev–Trinajstić information content (AvgIpc) is 2.63. The Balaban J connectivity index is 1.92. The van der Waals surface area contributed by atoms with E-state index in [4.69, 9.17) is 4.74 Å². The molecule has 72 valence electrons. The predicted molar refractivity (Wildman–Crippen MR) is 56.1 cm³/mol. The lowest BCUT2D eigenvalue weighted by molar-refractivity contribution is -0.111. The highest BCUT2D eigenvalue weighted by Gasteiger charge is 2.19. The van der Waals surface area contributed by atoms with Gasteiger partial charge in [-0.3, -0.25) is 4.79 Å². The normalized spacial score (nSPS) is 15.4. The first-order valence-electron chi connectivity index (χ1n) is 4.26. The van der Waals surface area contributed by atoms with Gasteiger partial charge in [-0.25, -0.2) is 0 Å². The lowest BCUT2D eigenvalue weighted by Gasteiger charge is -2.02. The Hall–Kier alpha value is -1.29. The maximum atomic E-state index is 11.1. The largest absolute Gasteiger partial charge is 0.470 e. The number of carbonyl (C=O) groups is 1. The molecule has 0 spiro atoms. The van der Waals surface area contributed by atoms with Gasteiger partial charge in [-0.05, 0) is 17.5 Å². The van der Waals surface area contributed by atoms with Crippen molar-refractivity contribution in [2.45, 2.75) is 6.61 Å². The van der Waals surface area contributed by atoms with Crippen LogP contribution in [-0.4, -0.2) is 17.4 Å². The molecule has 4 heteroatoms. The summed E-state index contributed by atoms with van der Waals surface area (Å²) in [6.45, 7) is 0.409. The zero-order valence-electron chi connectivity index (χ0n) is 7.47. The molecule has 0 aromatic heterocycles. The molecular formula is C10H9NO2S. The smallest absolute Gasteiger partial charge is 0.266 e. The van der Waals surface area contributed by atoms with Crippen LogP contribution in [0.25, 0.3) is 0 Å². The molecule has 2 rings (SSSR count). The summed E-state index contributed by atoms with van der Waals surface area (Å²) in [6, 6.07) is 9.72. The minimum atomic E-state index is -0.0223. The number of hydrogen-bond donors (Lipinski definition) is 0. The van der Waals surface area contributed by atoms with Crippen molar-refractivity contribution in [2.24, 2.45) is 4.40 Å². The summed E-state index contributed by atoms with van der Waals surface area (Å²) < 4.78 is 9.17. The third-order valence-corrected chi connectivity index (χ3v) is 2.49. The molecule has 0 unspecified atom stereocenters. The zero-order chi connectivity index (χ0) is 9.80. The monoisotopic (exact) mass is 207 g/mol. The van der Waals surface area contributed by atoms with Crippen LogP contribution in [0.15, 0.2) is 34.7 Å². The Bertz CT molecular complexity index is 362. The van der Waals surface area contributed by atoms with Crippen molar-refractivity contribution < 1.29 is 9.53 Å². The summed E-state index contributed by atoms with van der Waals surface area (Å²) in [5.74, 6) is 0.634. The molecular weight excluding hydrogens is 198 g/mol. The van der Waals surface area contributed by atoms with Gasteiger partial charge in [0.2, 0.25) is 5.78 Å². The number of ketones is 1. The Morgan fingerprint density at radius 2 is 2.14 bits per heavy atom. The summed E-state index contributed by atoms with van der Waals surface area (Å²) in [4.78, 5) is 11.1. The second-order valence-corrected chi connectivity index (χ2v) is 3.60. The number of carbonyl (C=O) groups excluding carboxylic acids is 1. The first kappa shape index (κ1) is 9.27. The van der Waals surface area contributed by atoms with E-state index in [9.17, 15) is 4.79 Å². The van der Waals surface area contributed by atoms with Crippen LogP contribution in [0, 0.1) is 0 Å². The summed E-state index contributed by atoms with van der Waals surface area (Å²) in [5.41, 5.74) is 1.04. The van der Waals surface area contributed by atoms with E-state index in [1.807, 2.05) is 30.3 Å². The lowest BCUT2D eigenvalue weighted by atomic mass is 10.2. The Labute approximate surface area is 86.3 Å². The van der Waals surface area contributed by atoms with E-state index in [1.54, 1.807) is 0 Å². The highest BCUT2D eigenvalue weighted by Crippen LogP contribution is 2.13. The fourth-order valence-corrected chi connectivity index (χ4v) is 1.67. The fourth-order valence-electron chi connectivity index (χ4n) is 1.09. The molecule has 1 heterocycles. The van der Waals surface area contributed by atoms with Crippen LogP contribution in [0.4, 0.5) is 0 Å². The maximum Gasteiger partial charge on any atom is 0.266 e. The molecule has 0 bridgehead atoms. The van der Waals surface area contributed by atoms with E-state index in [2.05, 4.69) is 4.40 Å². The van der Waals surface area contributed by atoms with Gasteiger partial charge in [0.25, 0.3) is 5.90 Å². The summed E-state index contributed by atoms with van der Waals surface area (Å²) in [6.07, 6.45) is 0. The fraction of sp³-hybridized carbons (Fsp3) is 0.200. The number of hydrogen-bond acceptors (Lipinski definition) is 4. The van der Waals surface area contributed by atoms with Crippen LogP contribution in [0.5, 0.6) is 0 Å². The standard InChI is InChI=1S/C10H9NO2S/c12-9-7-14-11-10(9)13-6-8-4-2-1-3-5-8/h1-5H,6-7H2. The highest BCUT2D eigenvalue weighted by molar-refractivity contribution is 7.99. The van der Waals surface area contributed by atoms with Crippen molar-refractivity contribution in [3.05, 3.63) is 35.9 Å². The van der Waals surface area contributed by atoms with E-state index in [0.717, 1.165) is 5.56 Å². The van der Waals surface area contributed by atoms with Gasteiger partial charge in [0.05, 0.1) is 5.75 Å². The molecule has 0 N–H and O–H groups in total. The van der Waals surface area contributed by atoms with Gasteiger partial charge in [0, 0.05) is 0 Å². The van der Waals surface area contributed by atoms with Crippen LogP contribution < -0.4 is 0 Å². The SMILES string of the molecule is O=C1CSN=C1OCc1ccccc1. The van der Waals surface area contributed by atoms with Gasteiger partial charge in [-0.1, -0.05) is 30.3 Å². The van der Waals surface area contributed by atoms with E-state index < -0.39 is 0 Å². The average molecular weight is 207 g/mol. The molecule has 1 aromatic rings. The molecule has 0 amide bonds. The van der Waals surface area contributed by atoms with E-state index in [-0.39, 0.29) is 11.7 Å². The second-order valence-electron chi connectivity index (χ2n) is 2.87. The van der Waals surface area contributed by atoms with E-state index >= 15 is 0 Å². The quantitative estimate of drug-likeness (QED) is 0.694. The molecule has 0 saturated heterocycles. The highest BCUT2D eigenvalue weighted by atomic mass is 32.2. The molecule has 0 fully saturated rings. The minimum absolute atomic E-state index is 0.0223. The summed E-state index contributed by atoms with van der Waals surface area (Å²) in [7, 11) is 0. The number of ether oxygens (including phenoxy) is 1. The lowest BCUT2D eigenvalue weighted by Crippen LogP contribution is -2.14. The van der Waals surface area contributed by atoms with Crippen molar-refractivity contribution in [3.8, 4) is 0 Å². The van der Waals surface area contributed by atoms with Crippen LogP contribution in [0.2, 0.25) is 0 Å². The van der Waals surface area contributed by atoms with Gasteiger partial charge >= 0.3 is 0 Å². The number of Topliss-reactive ketones (excluding diaryl/α,β-unsaturated/α-hetero) is 1.